The molecule has 136 valence electrons. The van der Waals surface area contributed by atoms with Crippen LogP contribution in [0.25, 0.3) is 0 Å². The number of benzene rings is 1. The maximum Gasteiger partial charge on any atom is 0.255 e. The quantitative estimate of drug-likeness (QED) is 0.753. The Labute approximate surface area is 161 Å². The molecule has 0 aliphatic carbocycles. The molecular weight excluding hydrogens is 358 g/mol. The van der Waals surface area contributed by atoms with Crippen molar-refractivity contribution in [1.29, 1.82) is 0 Å². The van der Waals surface area contributed by atoms with Crippen molar-refractivity contribution in [3.63, 3.8) is 0 Å². The van der Waals surface area contributed by atoms with E-state index in [1.165, 1.54) is 10.4 Å². The fourth-order valence-corrected chi connectivity index (χ4v) is 4.18. The first-order valence-corrected chi connectivity index (χ1v) is 9.67. The van der Waals surface area contributed by atoms with Crippen LogP contribution in [0.3, 0.4) is 0 Å². The lowest BCUT2D eigenvalue weighted by molar-refractivity contribution is 0.0735. The molecule has 0 saturated heterocycles. The molecule has 27 heavy (non-hydrogen) atoms. The lowest BCUT2D eigenvalue weighted by Gasteiger charge is -2.28. The number of hydrogen-bond acceptors (Lipinski definition) is 4. The number of hydrogen-bond donors (Lipinski definition) is 1. The third-order valence-electron chi connectivity index (χ3n) is 4.85. The Hall–Kier alpha value is -2.99. The summed E-state index contributed by atoms with van der Waals surface area (Å²) in [5, 5.41) is 4.98. The fraction of sp³-hybridized carbons (Fsp3) is 0.190. The Morgan fingerprint density at radius 3 is 2.78 bits per heavy atom. The van der Waals surface area contributed by atoms with Gasteiger partial charge in [-0.3, -0.25) is 14.6 Å². The number of thiophene rings is 1. The zero-order valence-electron chi connectivity index (χ0n) is 14.9. The standard InChI is InChI=1S/C21H19N3O2S/c1-14-17(21(26)24-11-7-19-16(13-24)8-12-27-19)3-2-4-18(14)23-20(25)15-5-9-22-10-6-15/h2-6,8-10,12H,7,11,13H2,1H3,(H,23,25). The summed E-state index contributed by atoms with van der Waals surface area (Å²) in [5.41, 5.74) is 3.82. The molecule has 0 unspecified atom stereocenters. The molecule has 5 nitrogen and oxygen atoms in total. The van der Waals surface area contributed by atoms with Crippen molar-refractivity contribution in [1.82, 2.24) is 9.88 Å². The Balaban J connectivity index is 1.55. The number of anilines is 1. The lowest BCUT2D eigenvalue weighted by atomic mass is 10.0. The Bertz CT molecular complexity index is 998. The van der Waals surface area contributed by atoms with Gasteiger partial charge < -0.3 is 10.2 Å². The second-order valence-electron chi connectivity index (χ2n) is 6.51. The summed E-state index contributed by atoms with van der Waals surface area (Å²) in [5.74, 6) is -0.213. The molecule has 2 aromatic heterocycles. The largest absolute Gasteiger partial charge is 0.334 e. The molecule has 0 bridgehead atoms. The molecule has 1 aliphatic heterocycles. The third kappa shape index (κ3) is 3.48. The highest BCUT2D eigenvalue weighted by Crippen LogP contribution is 2.27. The van der Waals surface area contributed by atoms with Crippen LogP contribution in [0.5, 0.6) is 0 Å². The van der Waals surface area contributed by atoms with E-state index in [-0.39, 0.29) is 11.8 Å². The van der Waals surface area contributed by atoms with Crippen LogP contribution in [0.4, 0.5) is 5.69 Å². The summed E-state index contributed by atoms with van der Waals surface area (Å²) in [6.45, 7) is 3.24. The van der Waals surface area contributed by atoms with Crippen LogP contribution in [0, 0.1) is 6.92 Å². The molecule has 0 saturated carbocycles. The van der Waals surface area contributed by atoms with E-state index in [4.69, 9.17) is 0 Å². The molecular formula is C21H19N3O2S. The van der Waals surface area contributed by atoms with Crippen molar-refractivity contribution in [3.05, 3.63) is 81.3 Å². The number of nitrogens with zero attached hydrogens (tertiary/aromatic N) is 2. The van der Waals surface area contributed by atoms with Gasteiger partial charge in [-0.15, -0.1) is 11.3 Å². The monoisotopic (exact) mass is 377 g/mol. The number of amides is 2. The van der Waals surface area contributed by atoms with Crippen LogP contribution >= 0.6 is 11.3 Å². The van der Waals surface area contributed by atoms with E-state index >= 15 is 0 Å². The summed E-state index contributed by atoms with van der Waals surface area (Å²) in [7, 11) is 0. The second kappa shape index (κ2) is 7.32. The van der Waals surface area contributed by atoms with E-state index in [0.29, 0.717) is 23.4 Å². The molecule has 1 aliphatic rings. The first kappa shape index (κ1) is 17.4. The Kier molecular flexibility index (Phi) is 4.73. The third-order valence-corrected chi connectivity index (χ3v) is 5.87. The van der Waals surface area contributed by atoms with Gasteiger partial charge in [-0.05, 0) is 60.2 Å². The van der Waals surface area contributed by atoms with Crippen LogP contribution in [-0.2, 0) is 13.0 Å². The van der Waals surface area contributed by atoms with Crippen molar-refractivity contribution >= 4 is 28.8 Å². The maximum absolute atomic E-state index is 13.1. The summed E-state index contributed by atoms with van der Waals surface area (Å²) >= 11 is 1.76. The molecule has 0 fully saturated rings. The minimum Gasteiger partial charge on any atom is -0.334 e. The Morgan fingerprint density at radius 1 is 1.15 bits per heavy atom. The first-order chi connectivity index (χ1) is 13.1. The topological polar surface area (TPSA) is 62.3 Å². The van der Waals surface area contributed by atoms with Crippen molar-refractivity contribution in [2.75, 3.05) is 11.9 Å². The lowest BCUT2D eigenvalue weighted by Crippen LogP contribution is -2.35. The summed E-state index contributed by atoms with van der Waals surface area (Å²) in [6, 6.07) is 10.9. The van der Waals surface area contributed by atoms with E-state index < -0.39 is 0 Å². The number of pyridine rings is 1. The number of aromatic nitrogens is 1. The predicted molar refractivity (Wildman–Crippen MR) is 106 cm³/mol. The van der Waals surface area contributed by atoms with Gasteiger partial charge in [0, 0.05) is 47.2 Å². The van der Waals surface area contributed by atoms with E-state index in [1.54, 1.807) is 35.9 Å². The van der Waals surface area contributed by atoms with Crippen LogP contribution in [0.1, 0.15) is 36.7 Å². The summed E-state index contributed by atoms with van der Waals surface area (Å²) < 4.78 is 0. The van der Waals surface area contributed by atoms with Gasteiger partial charge in [-0.1, -0.05) is 6.07 Å². The molecule has 0 atom stereocenters. The van der Waals surface area contributed by atoms with Crippen LogP contribution in [0.2, 0.25) is 0 Å². The van der Waals surface area contributed by atoms with Crippen molar-refractivity contribution in [2.24, 2.45) is 0 Å². The van der Waals surface area contributed by atoms with Crippen LogP contribution in [0.15, 0.2) is 54.2 Å². The van der Waals surface area contributed by atoms with Gasteiger partial charge in [0.1, 0.15) is 0 Å². The van der Waals surface area contributed by atoms with E-state index in [0.717, 1.165) is 18.5 Å². The number of rotatable bonds is 3. The highest BCUT2D eigenvalue weighted by Gasteiger charge is 2.24. The van der Waals surface area contributed by atoms with E-state index in [2.05, 4.69) is 21.7 Å². The zero-order chi connectivity index (χ0) is 18.8. The van der Waals surface area contributed by atoms with Gasteiger partial charge >= 0.3 is 0 Å². The summed E-state index contributed by atoms with van der Waals surface area (Å²) in [6.07, 6.45) is 4.06. The maximum atomic E-state index is 13.1. The van der Waals surface area contributed by atoms with Gasteiger partial charge in [-0.2, -0.15) is 0 Å². The average molecular weight is 377 g/mol. The minimum atomic E-state index is -0.217. The molecule has 2 amide bonds. The second-order valence-corrected chi connectivity index (χ2v) is 7.51. The van der Waals surface area contributed by atoms with Crippen LogP contribution < -0.4 is 5.32 Å². The molecule has 4 rings (SSSR count). The molecule has 0 radical (unpaired) electrons. The molecule has 1 aromatic carbocycles. The fourth-order valence-electron chi connectivity index (χ4n) is 3.29. The molecule has 1 N–H and O–H groups in total. The minimum absolute atomic E-state index is 0.00404. The molecule has 3 heterocycles. The Morgan fingerprint density at radius 2 is 1.96 bits per heavy atom. The molecule has 3 aromatic rings. The van der Waals surface area contributed by atoms with Crippen molar-refractivity contribution in [2.45, 2.75) is 19.9 Å². The van der Waals surface area contributed by atoms with Gasteiger partial charge in [0.15, 0.2) is 0 Å². The summed E-state index contributed by atoms with van der Waals surface area (Å²) in [4.78, 5) is 32.7. The van der Waals surface area contributed by atoms with Gasteiger partial charge in [0.2, 0.25) is 0 Å². The van der Waals surface area contributed by atoms with Crippen LogP contribution in [-0.4, -0.2) is 28.2 Å². The van der Waals surface area contributed by atoms with Gasteiger partial charge in [0.05, 0.1) is 0 Å². The number of carbonyl (C=O) groups is 2. The number of carbonyl (C=O) groups excluding carboxylic acids is 2. The highest BCUT2D eigenvalue weighted by atomic mass is 32.1. The predicted octanol–water partition coefficient (Wildman–Crippen LogP) is 3.90. The van der Waals surface area contributed by atoms with Gasteiger partial charge in [-0.25, -0.2) is 0 Å². The van der Waals surface area contributed by atoms with Crippen molar-refractivity contribution < 1.29 is 9.59 Å². The molecule has 6 heteroatoms. The molecule has 0 spiro atoms. The van der Waals surface area contributed by atoms with Gasteiger partial charge in [0.25, 0.3) is 11.8 Å². The normalized spacial score (nSPS) is 13.1. The van der Waals surface area contributed by atoms with Crippen molar-refractivity contribution in [3.8, 4) is 0 Å². The number of fused-ring (bicyclic) bond motifs is 1. The van der Waals surface area contributed by atoms with E-state index in [9.17, 15) is 9.59 Å². The SMILES string of the molecule is Cc1c(NC(=O)c2ccncc2)cccc1C(=O)N1CCc2sccc2C1. The first-order valence-electron chi connectivity index (χ1n) is 8.79. The number of nitrogens with one attached hydrogen (secondary N) is 1. The highest BCUT2D eigenvalue weighted by molar-refractivity contribution is 7.10. The average Bonchev–Trinajstić information content (AvgIpc) is 3.17. The van der Waals surface area contributed by atoms with E-state index in [1.807, 2.05) is 30.0 Å². The zero-order valence-corrected chi connectivity index (χ0v) is 15.8. The smallest absolute Gasteiger partial charge is 0.255 e.